The topological polar surface area (TPSA) is 85.1 Å². The summed E-state index contributed by atoms with van der Waals surface area (Å²) in [4.78, 5) is 3.54. The number of sulfonamides is 1. The maximum absolute atomic E-state index is 13.7. The molecule has 106 valence electrons. The van der Waals surface area contributed by atoms with Crippen LogP contribution in [0.15, 0.2) is 41.4 Å². The van der Waals surface area contributed by atoms with Gasteiger partial charge < -0.3 is 5.73 Å². The number of nitrogens with two attached hydrogens (primary N) is 1. The van der Waals surface area contributed by atoms with Crippen molar-refractivity contribution in [3.63, 3.8) is 0 Å². The first-order chi connectivity index (χ1) is 9.42. The van der Waals surface area contributed by atoms with Crippen molar-refractivity contribution in [3.8, 4) is 0 Å². The Labute approximate surface area is 116 Å². The van der Waals surface area contributed by atoms with Crippen molar-refractivity contribution in [2.75, 3.05) is 4.72 Å². The highest BCUT2D eigenvalue weighted by Crippen LogP contribution is 2.20. The number of benzene rings is 1. The van der Waals surface area contributed by atoms with E-state index < -0.39 is 20.7 Å². The molecular weight excluding hydrogens is 281 g/mol. The van der Waals surface area contributed by atoms with Gasteiger partial charge in [0.05, 0.1) is 11.9 Å². The van der Waals surface area contributed by atoms with Gasteiger partial charge in [-0.15, -0.1) is 0 Å². The SMILES string of the molecule is Cc1ccc(NS(=O)(=O)c2cc(CN)ccc2F)cn1. The van der Waals surface area contributed by atoms with Crippen molar-refractivity contribution in [2.24, 2.45) is 5.73 Å². The van der Waals surface area contributed by atoms with Gasteiger partial charge in [0.2, 0.25) is 0 Å². The summed E-state index contributed by atoms with van der Waals surface area (Å²) in [6.45, 7) is 1.91. The molecule has 0 amide bonds. The highest BCUT2D eigenvalue weighted by Gasteiger charge is 2.19. The molecular formula is C13H14FN3O2S. The highest BCUT2D eigenvalue weighted by atomic mass is 32.2. The molecule has 0 spiro atoms. The fourth-order valence-electron chi connectivity index (χ4n) is 1.62. The van der Waals surface area contributed by atoms with Crippen LogP contribution in [0.2, 0.25) is 0 Å². The normalized spacial score (nSPS) is 11.3. The molecule has 0 aliphatic rings. The van der Waals surface area contributed by atoms with E-state index in [9.17, 15) is 12.8 Å². The number of hydrogen-bond acceptors (Lipinski definition) is 4. The average Bonchev–Trinajstić information content (AvgIpc) is 2.41. The van der Waals surface area contributed by atoms with Gasteiger partial charge in [-0.1, -0.05) is 6.07 Å². The van der Waals surface area contributed by atoms with Gasteiger partial charge in [-0.05, 0) is 36.8 Å². The monoisotopic (exact) mass is 295 g/mol. The molecule has 1 aromatic heterocycles. The van der Waals surface area contributed by atoms with E-state index in [1.807, 2.05) is 0 Å². The summed E-state index contributed by atoms with van der Waals surface area (Å²) in [6, 6.07) is 6.97. The number of pyridine rings is 1. The Morgan fingerprint density at radius 2 is 2.05 bits per heavy atom. The fraction of sp³-hybridized carbons (Fsp3) is 0.154. The molecule has 2 aromatic rings. The van der Waals surface area contributed by atoms with E-state index in [0.717, 1.165) is 11.8 Å². The Bertz CT molecular complexity index is 715. The van der Waals surface area contributed by atoms with Crippen LogP contribution in [0.25, 0.3) is 0 Å². The fourth-order valence-corrected chi connectivity index (χ4v) is 2.79. The lowest BCUT2D eigenvalue weighted by Crippen LogP contribution is -2.15. The number of hydrogen-bond donors (Lipinski definition) is 2. The van der Waals surface area contributed by atoms with E-state index in [1.54, 1.807) is 19.1 Å². The van der Waals surface area contributed by atoms with Gasteiger partial charge in [0.1, 0.15) is 10.7 Å². The van der Waals surface area contributed by atoms with Gasteiger partial charge in [0.15, 0.2) is 0 Å². The standard InChI is InChI=1S/C13H14FN3O2S/c1-9-2-4-11(8-16-9)17-20(18,19)13-6-10(7-15)3-5-12(13)14/h2-6,8,17H,7,15H2,1H3. The van der Waals surface area contributed by atoms with Crippen LogP contribution >= 0.6 is 0 Å². The average molecular weight is 295 g/mol. The van der Waals surface area contributed by atoms with E-state index in [2.05, 4.69) is 9.71 Å². The predicted molar refractivity (Wildman–Crippen MR) is 74.1 cm³/mol. The minimum absolute atomic E-state index is 0.134. The van der Waals surface area contributed by atoms with E-state index in [0.29, 0.717) is 5.56 Å². The van der Waals surface area contributed by atoms with Gasteiger partial charge >= 0.3 is 0 Å². The molecule has 0 unspecified atom stereocenters. The largest absolute Gasteiger partial charge is 0.326 e. The lowest BCUT2D eigenvalue weighted by molar-refractivity contribution is 0.569. The Morgan fingerprint density at radius 3 is 2.65 bits per heavy atom. The smallest absolute Gasteiger partial charge is 0.264 e. The Balaban J connectivity index is 2.37. The van der Waals surface area contributed by atoms with Crippen LogP contribution in [-0.2, 0) is 16.6 Å². The number of aryl methyl sites for hydroxylation is 1. The van der Waals surface area contributed by atoms with Crippen molar-refractivity contribution in [1.82, 2.24) is 4.98 Å². The zero-order valence-electron chi connectivity index (χ0n) is 10.8. The second-order valence-corrected chi connectivity index (χ2v) is 5.91. The third-order valence-corrected chi connectivity index (χ3v) is 4.08. The first-order valence-electron chi connectivity index (χ1n) is 5.86. The summed E-state index contributed by atoms with van der Waals surface area (Å²) in [5.41, 5.74) is 6.99. The molecule has 3 N–H and O–H groups in total. The zero-order valence-corrected chi connectivity index (χ0v) is 11.6. The number of nitrogens with one attached hydrogen (secondary N) is 1. The van der Waals surface area contributed by atoms with Crippen LogP contribution in [-0.4, -0.2) is 13.4 Å². The predicted octanol–water partition coefficient (Wildman–Crippen LogP) is 1.79. The van der Waals surface area contributed by atoms with Gasteiger partial charge in [-0.3, -0.25) is 9.71 Å². The van der Waals surface area contributed by atoms with Crippen LogP contribution < -0.4 is 10.5 Å². The van der Waals surface area contributed by atoms with Crippen LogP contribution in [0, 0.1) is 12.7 Å². The number of nitrogens with zero attached hydrogens (tertiary/aromatic N) is 1. The molecule has 5 nitrogen and oxygen atoms in total. The zero-order chi connectivity index (χ0) is 14.8. The molecule has 20 heavy (non-hydrogen) atoms. The van der Waals surface area contributed by atoms with Gasteiger partial charge in [0, 0.05) is 12.2 Å². The van der Waals surface area contributed by atoms with Crippen LogP contribution in [0.1, 0.15) is 11.3 Å². The summed E-state index contributed by atoms with van der Waals surface area (Å²) in [7, 11) is -4.01. The minimum Gasteiger partial charge on any atom is -0.326 e. The summed E-state index contributed by atoms with van der Waals surface area (Å²) >= 11 is 0. The Hall–Kier alpha value is -1.99. The first kappa shape index (κ1) is 14.4. The van der Waals surface area contributed by atoms with Crippen LogP contribution in [0.3, 0.4) is 0 Å². The molecule has 0 bridgehead atoms. The third-order valence-electron chi connectivity index (χ3n) is 2.68. The highest BCUT2D eigenvalue weighted by molar-refractivity contribution is 7.92. The Kier molecular flexibility index (Phi) is 4.01. The maximum Gasteiger partial charge on any atom is 0.264 e. The molecule has 0 radical (unpaired) electrons. The number of anilines is 1. The molecule has 0 aliphatic heterocycles. The van der Waals surface area contributed by atoms with Gasteiger partial charge in [-0.25, -0.2) is 12.8 Å². The molecule has 7 heteroatoms. The van der Waals surface area contributed by atoms with E-state index in [1.165, 1.54) is 18.3 Å². The van der Waals surface area contributed by atoms with E-state index in [-0.39, 0.29) is 12.2 Å². The van der Waals surface area contributed by atoms with Crippen molar-refractivity contribution < 1.29 is 12.8 Å². The quantitative estimate of drug-likeness (QED) is 0.900. The van der Waals surface area contributed by atoms with E-state index >= 15 is 0 Å². The van der Waals surface area contributed by atoms with E-state index in [4.69, 9.17) is 5.73 Å². The van der Waals surface area contributed by atoms with Crippen LogP contribution in [0.4, 0.5) is 10.1 Å². The summed E-state index contributed by atoms with van der Waals surface area (Å²) in [6.07, 6.45) is 1.37. The molecule has 1 heterocycles. The molecule has 0 aliphatic carbocycles. The number of halogens is 1. The van der Waals surface area contributed by atoms with Gasteiger partial charge in [0.25, 0.3) is 10.0 Å². The third kappa shape index (κ3) is 3.12. The molecule has 2 rings (SSSR count). The summed E-state index contributed by atoms with van der Waals surface area (Å²) in [5, 5.41) is 0. The van der Waals surface area contributed by atoms with Gasteiger partial charge in [-0.2, -0.15) is 0 Å². The molecule has 0 saturated heterocycles. The lowest BCUT2D eigenvalue weighted by Gasteiger charge is -2.10. The van der Waals surface area contributed by atoms with Crippen molar-refractivity contribution in [3.05, 3.63) is 53.6 Å². The molecule has 0 saturated carbocycles. The Morgan fingerprint density at radius 1 is 1.30 bits per heavy atom. The van der Waals surface area contributed by atoms with Crippen LogP contribution in [0.5, 0.6) is 0 Å². The molecule has 0 fully saturated rings. The van der Waals surface area contributed by atoms with Crippen molar-refractivity contribution in [1.29, 1.82) is 0 Å². The summed E-state index contributed by atoms with van der Waals surface area (Å²) in [5.74, 6) is -0.824. The maximum atomic E-state index is 13.7. The number of rotatable bonds is 4. The molecule has 0 atom stereocenters. The van der Waals surface area contributed by atoms with Crippen molar-refractivity contribution in [2.45, 2.75) is 18.4 Å². The molecule has 1 aromatic carbocycles. The first-order valence-corrected chi connectivity index (χ1v) is 7.34. The lowest BCUT2D eigenvalue weighted by atomic mass is 10.2. The summed E-state index contributed by atoms with van der Waals surface area (Å²) < 4.78 is 40.3. The van der Waals surface area contributed by atoms with Crippen molar-refractivity contribution >= 4 is 15.7 Å². The second-order valence-electron chi connectivity index (χ2n) is 4.26. The second kappa shape index (κ2) is 5.56. The minimum atomic E-state index is -4.01. The number of aromatic nitrogens is 1.